The van der Waals surface area contributed by atoms with Gasteiger partial charge in [0.05, 0.1) is 0 Å². The minimum absolute atomic E-state index is 0.00662. The molecule has 0 unspecified atom stereocenters. The lowest BCUT2D eigenvalue weighted by Gasteiger charge is -2.21. The van der Waals surface area contributed by atoms with Gasteiger partial charge in [0, 0.05) is 25.0 Å². The average molecular weight is 241 g/mol. The molecule has 0 aliphatic rings. The molecule has 0 bridgehead atoms. The Kier molecular flexibility index (Phi) is 4.89. The van der Waals surface area contributed by atoms with Crippen molar-refractivity contribution in [2.24, 2.45) is 11.7 Å². The lowest BCUT2D eigenvalue weighted by Crippen LogP contribution is -2.34. The number of carbonyl (C=O) groups excluding carboxylic acids is 1. The lowest BCUT2D eigenvalue weighted by molar-refractivity contribution is 0.0740. The normalized spacial score (nSPS) is 10.8. The van der Waals surface area contributed by atoms with E-state index < -0.39 is 0 Å². The van der Waals surface area contributed by atoms with Crippen LogP contribution in [0.25, 0.3) is 0 Å². The van der Waals surface area contributed by atoms with Crippen LogP contribution in [-0.2, 0) is 6.54 Å². The van der Waals surface area contributed by atoms with Crippen LogP contribution in [0.1, 0.15) is 36.3 Å². The summed E-state index contributed by atoms with van der Waals surface area (Å²) in [7, 11) is 0. The van der Waals surface area contributed by atoms with Crippen molar-refractivity contribution in [1.29, 1.82) is 0 Å². The molecule has 0 aliphatic carbocycles. The maximum atomic E-state index is 12.1. The second-order valence-corrected chi connectivity index (χ2v) is 5.01. The zero-order chi connectivity index (χ0) is 12.1. The standard InChI is InChI=1S/C11H19N3OS/c1-4-14(6-8(2)3)11(15)9-7-16-10(5-12)13-9/h7-8H,4-6,12H2,1-3H3. The molecule has 0 saturated carbocycles. The van der Waals surface area contributed by atoms with E-state index in [-0.39, 0.29) is 5.91 Å². The van der Waals surface area contributed by atoms with Gasteiger partial charge in [0.2, 0.25) is 0 Å². The average Bonchev–Trinajstić information content (AvgIpc) is 2.73. The van der Waals surface area contributed by atoms with Gasteiger partial charge >= 0.3 is 0 Å². The first-order valence-corrected chi connectivity index (χ1v) is 6.40. The van der Waals surface area contributed by atoms with E-state index in [9.17, 15) is 4.79 Å². The predicted octanol–water partition coefficient (Wildman–Crippen LogP) is 1.72. The van der Waals surface area contributed by atoms with Gasteiger partial charge in [-0.15, -0.1) is 11.3 Å². The lowest BCUT2D eigenvalue weighted by atomic mass is 10.2. The molecule has 0 saturated heterocycles. The van der Waals surface area contributed by atoms with Gasteiger partial charge < -0.3 is 10.6 Å². The molecule has 0 radical (unpaired) electrons. The van der Waals surface area contributed by atoms with E-state index in [4.69, 9.17) is 5.73 Å². The molecule has 16 heavy (non-hydrogen) atoms. The third-order valence-electron chi connectivity index (χ3n) is 2.20. The van der Waals surface area contributed by atoms with Gasteiger partial charge in [-0.3, -0.25) is 4.79 Å². The van der Waals surface area contributed by atoms with Crippen molar-refractivity contribution in [2.45, 2.75) is 27.3 Å². The van der Waals surface area contributed by atoms with Crippen LogP contribution in [0.5, 0.6) is 0 Å². The fourth-order valence-electron chi connectivity index (χ4n) is 1.46. The van der Waals surface area contributed by atoms with Crippen LogP contribution in [-0.4, -0.2) is 28.9 Å². The van der Waals surface area contributed by atoms with Gasteiger partial charge in [-0.2, -0.15) is 0 Å². The Labute approximate surface area is 100 Å². The van der Waals surface area contributed by atoms with Crippen LogP contribution in [0.3, 0.4) is 0 Å². The fourth-order valence-corrected chi connectivity index (χ4v) is 2.11. The molecule has 0 fully saturated rings. The van der Waals surface area contributed by atoms with E-state index in [1.165, 1.54) is 11.3 Å². The van der Waals surface area contributed by atoms with Crippen molar-refractivity contribution >= 4 is 17.2 Å². The number of amides is 1. The Balaban J connectivity index is 2.74. The quantitative estimate of drug-likeness (QED) is 0.854. The van der Waals surface area contributed by atoms with Crippen LogP contribution in [0, 0.1) is 5.92 Å². The largest absolute Gasteiger partial charge is 0.337 e. The number of rotatable bonds is 5. The van der Waals surface area contributed by atoms with Gasteiger partial charge in [-0.25, -0.2) is 4.98 Å². The van der Waals surface area contributed by atoms with E-state index in [1.807, 2.05) is 11.8 Å². The van der Waals surface area contributed by atoms with E-state index in [2.05, 4.69) is 18.8 Å². The number of nitrogens with two attached hydrogens (primary N) is 1. The summed E-state index contributed by atoms with van der Waals surface area (Å²) in [6.07, 6.45) is 0. The summed E-state index contributed by atoms with van der Waals surface area (Å²) < 4.78 is 0. The Morgan fingerprint density at radius 2 is 2.31 bits per heavy atom. The number of aromatic nitrogens is 1. The highest BCUT2D eigenvalue weighted by Gasteiger charge is 2.17. The number of hydrogen-bond donors (Lipinski definition) is 1. The topological polar surface area (TPSA) is 59.2 Å². The van der Waals surface area contributed by atoms with Gasteiger partial charge in [0.25, 0.3) is 5.91 Å². The number of nitrogens with zero attached hydrogens (tertiary/aromatic N) is 2. The molecule has 4 nitrogen and oxygen atoms in total. The molecule has 2 N–H and O–H groups in total. The van der Waals surface area contributed by atoms with Crippen molar-refractivity contribution in [1.82, 2.24) is 9.88 Å². The van der Waals surface area contributed by atoms with Crippen molar-refractivity contribution in [3.05, 3.63) is 16.1 Å². The minimum atomic E-state index is 0.00662. The molecule has 1 heterocycles. The summed E-state index contributed by atoms with van der Waals surface area (Å²) in [5, 5.41) is 2.59. The van der Waals surface area contributed by atoms with Gasteiger partial charge in [-0.05, 0) is 12.8 Å². The maximum absolute atomic E-state index is 12.1. The summed E-state index contributed by atoms with van der Waals surface area (Å²) >= 11 is 1.44. The molecule has 0 aromatic carbocycles. The summed E-state index contributed by atoms with van der Waals surface area (Å²) in [4.78, 5) is 18.1. The molecule has 1 rings (SSSR count). The highest BCUT2D eigenvalue weighted by Crippen LogP contribution is 2.12. The summed E-state index contributed by atoms with van der Waals surface area (Å²) in [5.41, 5.74) is 6.00. The van der Waals surface area contributed by atoms with E-state index in [0.29, 0.717) is 24.7 Å². The van der Waals surface area contributed by atoms with Crippen LogP contribution in [0.4, 0.5) is 0 Å². The summed E-state index contributed by atoms with van der Waals surface area (Å²) in [6, 6.07) is 0. The van der Waals surface area contributed by atoms with Crippen molar-refractivity contribution < 1.29 is 4.79 Å². The molecular formula is C11H19N3OS. The number of thiazole rings is 1. The molecule has 90 valence electrons. The number of carbonyl (C=O) groups is 1. The minimum Gasteiger partial charge on any atom is -0.337 e. The molecule has 1 aromatic heterocycles. The predicted molar refractivity (Wildman–Crippen MR) is 66.4 cm³/mol. The molecule has 0 aliphatic heterocycles. The fraction of sp³-hybridized carbons (Fsp3) is 0.636. The van der Waals surface area contributed by atoms with Crippen molar-refractivity contribution in [2.75, 3.05) is 13.1 Å². The zero-order valence-corrected chi connectivity index (χ0v) is 10.9. The van der Waals surface area contributed by atoms with Gasteiger partial charge in [-0.1, -0.05) is 13.8 Å². The molecule has 0 atom stereocenters. The van der Waals surface area contributed by atoms with Gasteiger partial charge in [0.15, 0.2) is 0 Å². The van der Waals surface area contributed by atoms with Crippen molar-refractivity contribution in [3.63, 3.8) is 0 Å². The Bertz CT molecular complexity index is 349. The first kappa shape index (κ1) is 13.1. The maximum Gasteiger partial charge on any atom is 0.273 e. The summed E-state index contributed by atoms with van der Waals surface area (Å²) in [5.74, 6) is 0.476. The van der Waals surface area contributed by atoms with Gasteiger partial charge in [0.1, 0.15) is 10.7 Å². The molecular weight excluding hydrogens is 222 g/mol. The van der Waals surface area contributed by atoms with Crippen LogP contribution in [0.2, 0.25) is 0 Å². The van der Waals surface area contributed by atoms with E-state index in [1.54, 1.807) is 5.38 Å². The monoisotopic (exact) mass is 241 g/mol. The molecule has 5 heteroatoms. The van der Waals surface area contributed by atoms with Crippen LogP contribution in [0.15, 0.2) is 5.38 Å². The highest BCUT2D eigenvalue weighted by molar-refractivity contribution is 7.09. The van der Waals surface area contributed by atoms with E-state index >= 15 is 0 Å². The molecule has 1 amide bonds. The first-order valence-electron chi connectivity index (χ1n) is 5.52. The number of hydrogen-bond acceptors (Lipinski definition) is 4. The van der Waals surface area contributed by atoms with Crippen molar-refractivity contribution in [3.8, 4) is 0 Å². The SMILES string of the molecule is CCN(CC(C)C)C(=O)c1csc(CN)n1. The highest BCUT2D eigenvalue weighted by atomic mass is 32.1. The third kappa shape index (κ3) is 3.28. The van der Waals surface area contributed by atoms with Crippen LogP contribution >= 0.6 is 11.3 Å². The van der Waals surface area contributed by atoms with Crippen LogP contribution < -0.4 is 5.73 Å². The first-order chi connectivity index (χ1) is 7.58. The Morgan fingerprint density at radius 1 is 1.62 bits per heavy atom. The smallest absolute Gasteiger partial charge is 0.273 e. The van der Waals surface area contributed by atoms with E-state index in [0.717, 1.165) is 11.6 Å². The second-order valence-electron chi connectivity index (χ2n) is 4.07. The third-order valence-corrected chi connectivity index (χ3v) is 3.07. The Morgan fingerprint density at radius 3 is 2.75 bits per heavy atom. The Hall–Kier alpha value is -0.940. The molecule has 1 aromatic rings. The summed E-state index contributed by atoms with van der Waals surface area (Å²) in [6.45, 7) is 8.06. The molecule has 0 spiro atoms. The zero-order valence-electron chi connectivity index (χ0n) is 10.1. The second kappa shape index (κ2) is 5.96.